The fourth-order valence-electron chi connectivity index (χ4n) is 1.25. The van der Waals surface area contributed by atoms with Crippen molar-refractivity contribution in [2.45, 2.75) is 20.8 Å². The van der Waals surface area contributed by atoms with E-state index in [1.54, 1.807) is 6.92 Å². The lowest BCUT2D eigenvalue weighted by Gasteiger charge is -2.20. The van der Waals surface area contributed by atoms with Gasteiger partial charge in [0.05, 0.1) is 0 Å². The first kappa shape index (κ1) is 14.2. The third kappa shape index (κ3) is 3.71. The van der Waals surface area contributed by atoms with E-state index < -0.39 is 17.1 Å². The van der Waals surface area contributed by atoms with Crippen LogP contribution < -0.4 is 5.32 Å². The van der Waals surface area contributed by atoms with Crippen LogP contribution in [0.2, 0.25) is 0 Å². The molecule has 0 aliphatic rings. The minimum Gasteiger partial charge on any atom is -0.610 e. The van der Waals surface area contributed by atoms with Gasteiger partial charge in [-0.3, -0.25) is 4.79 Å². The molecule has 0 radical (unpaired) electrons. The summed E-state index contributed by atoms with van der Waals surface area (Å²) in [6.07, 6.45) is 0. The third-order valence-corrected chi connectivity index (χ3v) is 3.38. The first-order valence-electron chi connectivity index (χ1n) is 4.81. The van der Waals surface area contributed by atoms with Crippen molar-refractivity contribution in [2.24, 2.45) is 17.0 Å². The van der Waals surface area contributed by atoms with Crippen LogP contribution in [0.4, 0.5) is 0 Å². The minimum absolute atomic E-state index is 0.0480. The van der Waals surface area contributed by atoms with E-state index in [0.717, 1.165) is 0 Å². The van der Waals surface area contributed by atoms with Gasteiger partial charge in [0.15, 0.2) is 0 Å². The van der Waals surface area contributed by atoms with Gasteiger partial charge in [-0.05, 0) is 18.0 Å². The lowest BCUT2D eigenvalue weighted by Crippen LogP contribution is -2.40. The zero-order valence-corrected chi connectivity index (χ0v) is 10.3. The van der Waals surface area contributed by atoms with Crippen LogP contribution in [0.1, 0.15) is 20.8 Å². The number of oxime groups is 1. The number of nitrogens with zero attached hydrogens (tertiary/aromatic N) is 1. The highest BCUT2D eigenvalue weighted by Crippen LogP contribution is 2.17. The van der Waals surface area contributed by atoms with Crippen LogP contribution in [0, 0.1) is 11.8 Å². The van der Waals surface area contributed by atoms with Crippen LogP contribution in [-0.4, -0.2) is 33.5 Å². The van der Waals surface area contributed by atoms with Gasteiger partial charge in [0, 0.05) is 18.2 Å². The first-order chi connectivity index (χ1) is 6.99. The van der Waals surface area contributed by atoms with E-state index in [0.29, 0.717) is 5.75 Å². The summed E-state index contributed by atoms with van der Waals surface area (Å²) in [5.41, 5.74) is 0. The molecule has 5 nitrogen and oxygen atoms in total. The van der Waals surface area contributed by atoms with Gasteiger partial charge < -0.3 is 15.1 Å². The SMILES string of the molecule is CC[S+]([O-])/C(=N\O)C(C(=O)NC)C(C)C. The van der Waals surface area contributed by atoms with E-state index in [1.807, 2.05) is 13.8 Å². The highest BCUT2D eigenvalue weighted by atomic mass is 32.2. The number of hydrogen-bond donors (Lipinski definition) is 2. The second kappa shape index (κ2) is 6.68. The summed E-state index contributed by atoms with van der Waals surface area (Å²) < 4.78 is 11.5. The number of carbonyl (C=O) groups is 1. The molecule has 2 atom stereocenters. The topological polar surface area (TPSA) is 84.8 Å². The van der Waals surface area contributed by atoms with Crippen LogP contribution >= 0.6 is 0 Å². The summed E-state index contributed by atoms with van der Waals surface area (Å²) >= 11 is -1.40. The standard InChI is InChI=1S/C9H18N2O3S/c1-5-15(14)9(11-13)7(6(2)3)8(12)10-4/h6-7,13H,5H2,1-4H3,(H,10,12)/b11-9-. The van der Waals surface area contributed by atoms with Crippen LogP contribution in [-0.2, 0) is 16.0 Å². The van der Waals surface area contributed by atoms with Crippen LogP contribution in [0.25, 0.3) is 0 Å². The van der Waals surface area contributed by atoms with Crippen molar-refractivity contribution < 1.29 is 14.6 Å². The highest BCUT2D eigenvalue weighted by molar-refractivity contribution is 8.06. The number of hydrogen-bond acceptors (Lipinski definition) is 4. The Morgan fingerprint density at radius 3 is 2.40 bits per heavy atom. The zero-order chi connectivity index (χ0) is 12.0. The molecule has 1 amide bonds. The maximum absolute atomic E-state index is 11.5. The summed E-state index contributed by atoms with van der Waals surface area (Å²) in [4.78, 5) is 11.5. The predicted octanol–water partition coefficient (Wildman–Crippen LogP) is 0.561. The van der Waals surface area contributed by atoms with Crippen LogP contribution in [0.5, 0.6) is 0 Å². The monoisotopic (exact) mass is 234 g/mol. The molecule has 0 saturated carbocycles. The second-order valence-electron chi connectivity index (χ2n) is 3.41. The number of nitrogens with one attached hydrogen (secondary N) is 1. The van der Waals surface area contributed by atoms with Crippen molar-refractivity contribution in [1.29, 1.82) is 0 Å². The smallest absolute Gasteiger partial charge is 0.267 e. The van der Waals surface area contributed by atoms with E-state index in [9.17, 15) is 9.35 Å². The summed E-state index contributed by atoms with van der Waals surface area (Å²) in [6, 6.07) is 0. The molecule has 0 aromatic carbocycles. The normalized spacial score (nSPS) is 16.3. The molecule has 0 saturated heterocycles. The average molecular weight is 234 g/mol. The third-order valence-electron chi connectivity index (χ3n) is 2.06. The van der Waals surface area contributed by atoms with Crippen molar-refractivity contribution in [3.63, 3.8) is 0 Å². The lowest BCUT2D eigenvalue weighted by molar-refractivity contribution is -0.123. The first-order valence-corrected chi connectivity index (χ1v) is 6.13. The molecule has 0 aromatic rings. The Kier molecular flexibility index (Phi) is 6.35. The summed E-state index contributed by atoms with van der Waals surface area (Å²) in [5.74, 6) is -0.647. The van der Waals surface area contributed by atoms with Crippen molar-refractivity contribution in [3.05, 3.63) is 0 Å². The van der Waals surface area contributed by atoms with E-state index in [1.165, 1.54) is 7.05 Å². The molecule has 6 heteroatoms. The predicted molar refractivity (Wildman–Crippen MR) is 60.3 cm³/mol. The van der Waals surface area contributed by atoms with Gasteiger partial charge in [-0.15, -0.1) is 0 Å². The minimum atomic E-state index is -1.40. The molecule has 0 aliphatic carbocycles. The molecule has 0 heterocycles. The van der Waals surface area contributed by atoms with Crippen molar-refractivity contribution in [2.75, 3.05) is 12.8 Å². The lowest BCUT2D eigenvalue weighted by atomic mass is 9.96. The van der Waals surface area contributed by atoms with E-state index in [-0.39, 0.29) is 16.9 Å². The molecule has 88 valence electrons. The molecule has 0 aromatic heterocycles. The van der Waals surface area contributed by atoms with Crippen molar-refractivity contribution >= 4 is 22.1 Å². The van der Waals surface area contributed by atoms with Crippen LogP contribution in [0.3, 0.4) is 0 Å². The Morgan fingerprint density at radius 1 is 1.60 bits per heavy atom. The zero-order valence-electron chi connectivity index (χ0n) is 9.48. The van der Waals surface area contributed by atoms with Gasteiger partial charge in [-0.25, -0.2) is 0 Å². The second-order valence-corrected chi connectivity index (χ2v) is 5.10. The van der Waals surface area contributed by atoms with Gasteiger partial charge in [0.1, 0.15) is 11.7 Å². The van der Waals surface area contributed by atoms with Gasteiger partial charge in [-0.2, -0.15) is 0 Å². The Morgan fingerprint density at radius 2 is 2.13 bits per heavy atom. The quantitative estimate of drug-likeness (QED) is 0.245. The summed E-state index contributed by atoms with van der Waals surface area (Å²) in [5, 5.41) is 14.3. The number of carbonyl (C=O) groups excluding carboxylic acids is 1. The molecule has 0 spiro atoms. The number of amides is 1. The highest BCUT2D eigenvalue weighted by Gasteiger charge is 2.35. The molecule has 0 bridgehead atoms. The molecule has 0 rings (SSSR count). The Labute approximate surface area is 93.1 Å². The fourth-order valence-corrected chi connectivity index (χ4v) is 2.30. The van der Waals surface area contributed by atoms with E-state index in [4.69, 9.17) is 5.21 Å². The van der Waals surface area contributed by atoms with Crippen molar-refractivity contribution in [3.8, 4) is 0 Å². The summed E-state index contributed by atoms with van der Waals surface area (Å²) in [7, 11) is 1.50. The number of rotatable bonds is 4. The summed E-state index contributed by atoms with van der Waals surface area (Å²) in [6.45, 7) is 5.35. The van der Waals surface area contributed by atoms with Gasteiger partial charge >= 0.3 is 0 Å². The fraction of sp³-hybridized carbons (Fsp3) is 0.778. The maximum atomic E-state index is 11.5. The molecule has 0 aliphatic heterocycles. The Balaban J connectivity index is 4.96. The van der Waals surface area contributed by atoms with Gasteiger partial charge in [0.25, 0.3) is 5.04 Å². The molecular formula is C9H18N2O3S. The molecule has 15 heavy (non-hydrogen) atoms. The largest absolute Gasteiger partial charge is 0.610 e. The van der Waals surface area contributed by atoms with Crippen LogP contribution in [0.15, 0.2) is 5.16 Å². The molecular weight excluding hydrogens is 216 g/mol. The average Bonchev–Trinajstić information content (AvgIpc) is 2.22. The molecule has 2 N–H and O–H groups in total. The Hall–Kier alpha value is -0.750. The van der Waals surface area contributed by atoms with Crippen molar-refractivity contribution in [1.82, 2.24) is 5.32 Å². The Bertz CT molecular complexity index is 244. The molecule has 0 fully saturated rings. The van der Waals surface area contributed by atoms with E-state index >= 15 is 0 Å². The maximum Gasteiger partial charge on any atom is 0.267 e. The van der Waals surface area contributed by atoms with E-state index in [2.05, 4.69) is 10.5 Å². The molecule has 2 unspecified atom stereocenters. The van der Waals surface area contributed by atoms with Gasteiger partial charge in [-0.1, -0.05) is 13.8 Å². The van der Waals surface area contributed by atoms with Gasteiger partial charge in [0.2, 0.25) is 5.91 Å².